The molecule has 3 saturated heterocycles. The van der Waals surface area contributed by atoms with E-state index in [4.69, 9.17) is 19.2 Å². The number of fused-ring (bicyclic) bond motifs is 2. The first-order valence-corrected chi connectivity index (χ1v) is 17.2. The maximum Gasteiger partial charge on any atom is 0.255 e. The van der Waals surface area contributed by atoms with E-state index in [9.17, 15) is 14.4 Å². The minimum Gasteiger partial charge on any atom is -0.489 e. The van der Waals surface area contributed by atoms with E-state index in [0.717, 1.165) is 41.6 Å². The number of ether oxygens (including phenoxy) is 3. The van der Waals surface area contributed by atoms with Gasteiger partial charge >= 0.3 is 0 Å². The highest BCUT2D eigenvalue weighted by Crippen LogP contribution is 2.43. The number of amides is 3. The van der Waals surface area contributed by atoms with E-state index in [1.165, 1.54) is 4.90 Å². The summed E-state index contributed by atoms with van der Waals surface area (Å²) in [6.45, 7) is 11.1. The van der Waals surface area contributed by atoms with Crippen LogP contribution in [-0.2, 0) is 32.2 Å². The molecule has 0 aliphatic carbocycles. The number of carbonyl (C=O) groups excluding carboxylic acids is 3. The molecule has 0 bridgehead atoms. The summed E-state index contributed by atoms with van der Waals surface area (Å²) in [5.41, 5.74) is 2.95. The first-order chi connectivity index (χ1) is 23.3. The molecule has 2 aromatic carbocycles. The van der Waals surface area contributed by atoms with Gasteiger partial charge in [0.05, 0.1) is 17.8 Å². The van der Waals surface area contributed by atoms with Gasteiger partial charge in [0.1, 0.15) is 29.2 Å². The van der Waals surface area contributed by atoms with Crippen LogP contribution in [0.4, 0.5) is 4.39 Å². The van der Waals surface area contributed by atoms with Gasteiger partial charge in [-0.25, -0.2) is 9.37 Å². The minimum absolute atomic E-state index is 0.0855. The molecule has 3 amide bonds. The average Bonchev–Trinajstić information content (AvgIpc) is 3.54. The van der Waals surface area contributed by atoms with Gasteiger partial charge in [0, 0.05) is 68.2 Å². The number of aromatic nitrogens is 1. The number of likely N-dealkylation sites (tertiary alicyclic amines) is 1. The average molecular weight is 673 g/mol. The predicted octanol–water partition coefficient (Wildman–Crippen LogP) is 5.11. The van der Waals surface area contributed by atoms with Gasteiger partial charge in [0.25, 0.3) is 5.91 Å². The van der Waals surface area contributed by atoms with Crippen molar-refractivity contribution in [2.24, 2.45) is 5.92 Å². The van der Waals surface area contributed by atoms with E-state index in [0.29, 0.717) is 42.9 Å². The summed E-state index contributed by atoms with van der Waals surface area (Å²) in [6, 6.07) is 12.4. The van der Waals surface area contributed by atoms with Gasteiger partial charge < -0.3 is 19.1 Å². The standard InChI is InChI=1S/C38H45FN4O6/c1-37(2)15-25(16-38(3,4)49-37)30-9-6-23-12-22(13-29(39)34(23)40-30)17-42-18-26(21-47-5)32(20-42)48-27-7-8-28-24(14-27)19-43(36(28)46)31-10-11-33(44)41-35(31)45/h6-9,12-14,25-26,31-32H,10-11,15-21H2,1-5H3,(H,41,44,45)/t26-,31-,32+/m0/s1. The van der Waals surface area contributed by atoms with Gasteiger partial charge in [0.15, 0.2) is 0 Å². The number of benzene rings is 2. The fraction of sp³-hybridized carbons (Fsp3) is 0.526. The number of imide groups is 1. The lowest BCUT2D eigenvalue weighted by Gasteiger charge is -2.45. The van der Waals surface area contributed by atoms with Crippen LogP contribution in [-0.4, -0.2) is 82.7 Å². The summed E-state index contributed by atoms with van der Waals surface area (Å²) in [6.07, 6.45) is 2.01. The Morgan fingerprint density at radius 2 is 1.80 bits per heavy atom. The molecule has 3 aromatic rings. The van der Waals surface area contributed by atoms with Crippen LogP contribution < -0.4 is 10.1 Å². The van der Waals surface area contributed by atoms with Crippen LogP contribution in [0.3, 0.4) is 0 Å². The van der Waals surface area contributed by atoms with E-state index in [2.05, 4.69) is 37.9 Å². The van der Waals surface area contributed by atoms with Crippen LogP contribution >= 0.6 is 0 Å². The van der Waals surface area contributed by atoms with Gasteiger partial charge in [-0.2, -0.15) is 0 Å². The molecule has 1 aromatic heterocycles. The number of nitrogens with one attached hydrogen (secondary N) is 1. The van der Waals surface area contributed by atoms with Crippen LogP contribution in [0, 0.1) is 11.7 Å². The topological polar surface area (TPSA) is 110 Å². The lowest BCUT2D eigenvalue weighted by molar-refractivity contribution is -0.162. The Morgan fingerprint density at radius 1 is 1.02 bits per heavy atom. The zero-order valence-electron chi connectivity index (χ0n) is 28.9. The summed E-state index contributed by atoms with van der Waals surface area (Å²) < 4.78 is 34.0. The van der Waals surface area contributed by atoms with Gasteiger partial charge in [-0.3, -0.25) is 24.6 Å². The monoisotopic (exact) mass is 672 g/mol. The molecule has 0 spiro atoms. The van der Waals surface area contributed by atoms with Crippen LogP contribution in [0.5, 0.6) is 5.75 Å². The molecular weight excluding hydrogens is 627 g/mol. The molecular formula is C38H45FN4O6. The second-order valence-corrected chi connectivity index (χ2v) is 15.4. The van der Waals surface area contributed by atoms with Crippen molar-refractivity contribution in [3.8, 4) is 5.75 Å². The molecule has 3 atom stereocenters. The maximum atomic E-state index is 15.6. The van der Waals surface area contributed by atoms with Gasteiger partial charge in [-0.15, -0.1) is 0 Å². The molecule has 260 valence electrons. The lowest BCUT2D eigenvalue weighted by Crippen LogP contribution is -2.52. The number of rotatable bonds is 8. The van der Waals surface area contributed by atoms with Crippen molar-refractivity contribution >= 4 is 28.6 Å². The van der Waals surface area contributed by atoms with E-state index >= 15 is 4.39 Å². The Hall–Kier alpha value is -3.93. The lowest BCUT2D eigenvalue weighted by atomic mass is 9.79. The minimum atomic E-state index is -0.666. The first kappa shape index (κ1) is 33.6. The number of carbonyl (C=O) groups is 3. The Morgan fingerprint density at radius 3 is 2.53 bits per heavy atom. The van der Waals surface area contributed by atoms with Gasteiger partial charge in [-0.1, -0.05) is 6.07 Å². The summed E-state index contributed by atoms with van der Waals surface area (Å²) in [4.78, 5) is 45.8. The highest BCUT2D eigenvalue weighted by atomic mass is 19.1. The second kappa shape index (κ2) is 12.8. The molecule has 0 saturated carbocycles. The smallest absolute Gasteiger partial charge is 0.255 e. The summed E-state index contributed by atoms with van der Waals surface area (Å²) in [5, 5.41) is 3.12. The predicted molar refractivity (Wildman–Crippen MR) is 180 cm³/mol. The van der Waals surface area contributed by atoms with Crippen LogP contribution in [0.2, 0.25) is 0 Å². The Labute approximate surface area is 286 Å². The van der Waals surface area contributed by atoms with E-state index in [-0.39, 0.29) is 59.7 Å². The molecule has 11 heteroatoms. The SMILES string of the molecule is COC[C@@H]1CN(Cc2cc(F)c3nc(C4CC(C)(C)OC(C)(C)C4)ccc3c2)C[C@H]1Oc1ccc2c(c1)CN([C@H]1CCC(=O)NC1=O)C2=O. The fourth-order valence-electron chi connectivity index (χ4n) is 8.50. The molecule has 10 nitrogen and oxygen atoms in total. The number of halogens is 1. The fourth-order valence-corrected chi connectivity index (χ4v) is 8.50. The quantitative estimate of drug-likeness (QED) is 0.329. The largest absolute Gasteiger partial charge is 0.489 e. The Kier molecular flexibility index (Phi) is 8.73. The maximum absolute atomic E-state index is 15.6. The van der Waals surface area contributed by atoms with E-state index in [1.807, 2.05) is 24.3 Å². The molecule has 7 rings (SSSR count). The second-order valence-electron chi connectivity index (χ2n) is 15.4. The third-order valence-corrected chi connectivity index (χ3v) is 10.3. The number of hydrogen-bond donors (Lipinski definition) is 1. The molecule has 5 heterocycles. The van der Waals surface area contributed by atoms with Crippen molar-refractivity contribution in [1.82, 2.24) is 20.1 Å². The van der Waals surface area contributed by atoms with Crippen LogP contribution in [0.1, 0.15) is 86.5 Å². The number of nitrogens with zero attached hydrogens (tertiary/aromatic N) is 3. The van der Waals surface area contributed by atoms with Crippen molar-refractivity contribution in [1.29, 1.82) is 0 Å². The van der Waals surface area contributed by atoms with E-state index in [1.54, 1.807) is 25.3 Å². The van der Waals surface area contributed by atoms with Crippen LogP contribution in [0.25, 0.3) is 10.9 Å². The number of hydrogen-bond acceptors (Lipinski definition) is 8. The number of pyridine rings is 1. The zero-order valence-corrected chi connectivity index (χ0v) is 28.9. The molecule has 3 fully saturated rings. The molecule has 0 radical (unpaired) electrons. The third-order valence-electron chi connectivity index (χ3n) is 10.3. The summed E-state index contributed by atoms with van der Waals surface area (Å²) in [7, 11) is 1.67. The van der Waals surface area contributed by atoms with Crippen molar-refractivity contribution < 1.29 is 33.0 Å². The molecule has 4 aliphatic rings. The van der Waals surface area contributed by atoms with Crippen molar-refractivity contribution in [2.45, 2.75) is 95.7 Å². The van der Waals surface area contributed by atoms with Gasteiger partial charge in [0.2, 0.25) is 11.8 Å². The molecule has 49 heavy (non-hydrogen) atoms. The highest BCUT2D eigenvalue weighted by molar-refractivity contribution is 6.05. The Bertz CT molecular complexity index is 1790. The molecule has 1 N–H and O–H groups in total. The van der Waals surface area contributed by atoms with Crippen LogP contribution in [0.15, 0.2) is 42.5 Å². The van der Waals surface area contributed by atoms with Gasteiger partial charge in [-0.05, 0) is 94.5 Å². The first-order valence-electron chi connectivity index (χ1n) is 17.2. The number of piperidine rings is 1. The molecule has 4 aliphatic heterocycles. The normalized spacial score (nSPS) is 25.6. The molecule has 0 unspecified atom stereocenters. The summed E-state index contributed by atoms with van der Waals surface area (Å²) >= 11 is 0. The zero-order chi connectivity index (χ0) is 34.7. The highest BCUT2D eigenvalue weighted by Gasteiger charge is 2.41. The third kappa shape index (κ3) is 6.93. The van der Waals surface area contributed by atoms with Crippen molar-refractivity contribution in [3.63, 3.8) is 0 Å². The van der Waals surface area contributed by atoms with E-state index < -0.39 is 11.9 Å². The summed E-state index contributed by atoms with van der Waals surface area (Å²) in [5.74, 6) is -0.365. The van der Waals surface area contributed by atoms with Crippen molar-refractivity contribution in [2.75, 3.05) is 26.8 Å². The van der Waals surface area contributed by atoms with Crippen molar-refractivity contribution in [3.05, 3.63) is 70.7 Å². The number of methoxy groups -OCH3 is 1. The Balaban J connectivity index is 1.03.